The highest BCUT2D eigenvalue weighted by molar-refractivity contribution is 5.90. The van der Waals surface area contributed by atoms with Crippen molar-refractivity contribution < 1.29 is 9.18 Å². The van der Waals surface area contributed by atoms with E-state index in [0.717, 1.165) is 0 Å². The molecule has 1 atom stereocenters. The number of carbonyl (C=O) groups is 1. The molecule has 0 saturated carbocycles. The molecule has 1 amide bonds. The van der Waals surface area contributed by atoms with Crippen LogP contribution in [0.2, 0.25) is 0 Å². The highest BCUT2D eigenvalue weighted by Gasteiger charge is 2.20. The number of rotatable bonds is 5. The standard InChI is InChI=1S/C15H20FN5O/c1-9(2)14-19-13(15(22)18-10(3)8-17)20-21(14)12-6-4-5-11(16)7-12/h4-7,9-10H,8,17H2,1-3H3,(H,18,22)/t10-/m0/s1. The normalized spacial score (nSPS) is 12.5. The van der Waals surface area contributed by atoms with E-state index in [1.807, 2.05) is 13.8 Å². The fourth-order valence-electron chi connectivity index (χ4n) is 1.94. The van der Waals surface area contributed by atoms with Crippen LogP contribution < -0.4 is 11.1 Å². The third-order valence-electron chi connectivity index (χ3n) is 3.14. The molecule has 0 saturated heterocycles. The molecular formula is C15H20FN5O. The van der Waals surface area contributed by atoms with Crippen molar-refractivity contribution in [1.29, 1.82) is 0 Å². The Balaban J connectivity index is 2.40. The van der Waals surface area contributed by atoms with Gasteiger partial charge in [-0.1, -0.05) is 19.9 Å². The Hall–Kier alpha value is -2.28. The van der Waals surface area contributed by atoms with Gasteiger partial charge in [0.2, 0.25) is 5.82 Å². The van der Waals surface area contributed by atoms with E-state index in [9.17, 15) is 9.18 Å². The second-order valence-electron chi connectivity index (χ2n) is 5.45. The lowest BCUT2D eigenvalue weighted by atomic mass is 10.2. The predicted octanol–water partition coefficient (Wildman–Crippen LogP) is 1.61. The molecule has 0 fully saturated rings. The molecule has 3 N–H and O–H groups in total. The minimum atomic E-state index is -0.394. The number of halogens is 1. The first-order chi connectivity index (χ1) is 10.4. The van der Waals surface area contributed by atoms with Gasteiger partial charge in [0.1, 0.15) is 11.6 Å². The van der Waals surface area contributed by atoms with Crippen LogP contribution in [0.5, 0.6) is 0 Å². The second kappa shape index (κ2) is 6.65. The Morgan fingerprint density at radius 2 is 2.14 bits per heavy atom. The molecule has 1 aromatic carbocycles. The Morgan fingerprint density at radius 1 is 1.41 bits per heavy atom. The van der Waals surface area contributed by atoms with Gasteiger partial charge < -0.3 is 11.1 Å². The molecule has 2 aromatic rings. The second-order valence-corrected chi connectivity index (χ2v) is 5.45. The number of benzene rings is 1. The van der Waals surface area contributed by atoms with Crippen molar-refractivity contribution in [3.8, 4) is 5.69 Å². The SMILES string of the molecule is CC(C)c1nc(C(=O)N[C@@H](C)CN)nn1-c1cccc(F)c1. The Bertz CT molecular complexity index is 668. The van der Waals surface area contributed by atoms with E-state index in [1.165, 1.54) is 16.8 Å². The van der Waals surface area contributed by atoms with Crippen molar-refractivity contribution in [1.82, 2.24) is 20.1 Å². The first-order valence-electron chi connectivity index (χ1n) is 7.16. The highest BCUT2D eigenvalue weighted by Crippen LogP contribution is 2.18. The largest absolute Gasteiger partial charge is 0.346 e. The van der Waals surface area contributed by atoms with Crippen LogP contribution in [-0.4, -0.2) is 33.3 Å². The summed E-state index contributed by atoms with van der Waals surface area (Å²) >= 11 is 0. The third kappa shape index (κ3) is 3.48. The maximum atomic E-state index is 13.4. The van der Waals surface area contributed by atoms with Gasteiger partial charge in [-0.3, -0.25) is 4.79 Å². The molecule has 0 bridgehead atoms. The first-order valence-corrected chi connectivity index (χ1v) is 7.16. The number of nitrogens with two attached hydrogens (primary N) is 1. The molecule has 7 heteroatoms. The Morgan fingerprint density at radius 3 is 2.73 bits per heavy atom. The zero-order chi connectivity index (χ0) is 16.3. The Labute approximate surface area is 128 Å². The van der Waals surface area contributed by atoms with Gasteiger partial charge in [0.05, 0.1) is 5.69 Å². The molecule has 1 heterocycles. The quantitative estimate of drug-likeness (QED) is 0.878. The van der Waals surface area contributed by atoms with E-state index >= 15 is 0 Å². The smallest absolute Gasteiger partial charge is 0.291 e. The van der Waals surface area contributed by atoms with E-state index in [4.69, 9.17) is 5.73 Å². The molecule has 0 aliphatic carbocycles. The summed E-state index contributed by atoms with van der Waals surface area (Å²) in [5, 5.41) is 6.93. The van der Waals surface area contributed by atoms with Crippen LogP contribution in [0.15, 0.2) is 24.3 Å². The van der Waals surface area contributed by atoms with E-state index < -0.39 is 5.91 Å². The summed E-state index contributed by atoms with van der Waals surface area (Å²) in [7, 11) is 0. The van der Waals surface area contributed by atoms with Crippen LogP contribution in [0.4, 0.5) is 4.39 Å². The van der Waals surface area contributed by atoms with Crippen LogP contribution >= 0.6 is 0 Å². The number of nitrogens with one attached hydrogen (secondary N) is 1. The van der Waals surface area contributed by atoms with Gasteiger partial charge in [-0.15, -0.1) is 5.10 Å². The highest BCUT2D eigenvalue weighted by atomic mass is 19.1. The maximum absolute atomic E-state index is 13.4. The van der Waals surface area contributed by atoms with Crippen molar-refractivity contribution in [2.75, 3.05) is 6.54 Å². The van der Waals surface area contributed by atoms with Gasteiger partial charge in [0.15, 0.2) is 0 Å². The topological polar surface area (TPSA) is 85.8 Å². The molecule has 2 rings (SSSR count). The van der Waals surface area contributed by atoms with Gasteiger partial charge in [-0.2, -0.15) is 0 Å². The summed E-state index contributed by atoms with van der Waals surface area (Å²) in [6.45, 7) is 5.99. The van der Waals surface area contributed by atoms with Crippen molar-refractivity contribution >= 4 is 5.91 Å². The molecule has 0 aliphatic heterocycles. The van der Waals surface area contributed by atoms with Crippen molar-refractivity contribution in [3.63, 3.8) is 0 Å². The fourth-order valence-corrected chi connectivity index (χ4v) is 1.94. The maximum Gasteiger partial charge on any atom is 0.291 e. The summed E-state index contributed by atoms with van der Waals surface area (Å²) in [6.07, 6.45) is 0. The average molecular weight is 305 g/mol. The molecule has 0 unspecified atom stereocenters. The van der Waals surface area contributed by atoms with Crippen LogP contribution in [-0.2, 0) is 0 Å². The molecular weight excluding hydrogens is 285 g/mol. The van der Waals surface area contributed by atoms with Gasteiger partial charge in [0.25, 0.3) is 5.91 Å². The number of aromatic nitrogens is 3. The summed E-state index contributed by atoms with van der Waals surface area (Å²) in [6, 6.07) is 5.84. The number of hydrogen-bond donors (Lipinski definition) is 2. The fraction of sp³-hybridized carbons (Fsp3) is 0.400. The van der Waals surface area contributed by atoms with Crippen molar-refractivity contribution in [2.24, 2.45) is 5.73 Å². The number of hydrogen-bond acceptors (Lipinski definition) is 4. The molecule has 22 heavy (non-hydrogen) atoms. The van der Waals surface area contributed by atoms with E-state index in [-0.39, 0.29) is 23.6 Å². The third-order valence-corrected chi connectivity index (χ3v) is 3.14. The van der Waals surface area contributed by atoms with Crippen LogP contribution in [0.25, 0.3) is 5.69 Å². The summed E-state index contributed by atoms with van der Waals surface area (Å²) in [5.41, 5.74) is 6.02. The molecule has 0 spiro atoms. The predicted molar refractivity (Wildman–Crippen MR) is 81.4 cm³/mol. The lowest BCUT2D eigenvalue weighted by Crippen LogP contribution is -2.38. The summed E-state index contributed by atoms with van der Waals surface area (Å²) in [5.74, 6) is -0.0888. The number of nitrogens with zero attached hydrogens (tertiary/aromatic N) is 3. The molecule has 0 aliphatic rings. The average Bonchev–Trinajstić information content (AvgIpc) is 2.92. The Kier molecular flexibility index (Phi) is 4.87. The van der Waals surface area contributed by atoms with Crippen LogP contribution in [0, 0.1) is 5.82 Å². The van der Waals surface area contributed by atoms with Crippen molar-refractivity contribution in [2.45, 2.75) is 32.7 Å². The zero-order valence-electron chi connectivity index (χ0n) is 12.9. The van der Waals surface area contributed by atoms with Crippen LogP contribution in [0.3, 0.4) is 0 Å². The zero-order valence-corrected chi connectivity index (χ0v) is 12.9. The van der Waals surface area contributed by atoms with Gasteiger partial charge in [-0.05, 0) is 25.1 Å². The van der Waals surface area contributed by atoms with E-state index in [2.05, 4.69) is 15.4 Å². The minimum absolute atomic E-state index is 0.0317. The summed E-state index contributed by atoms with van der Waals surface area (Å²) in [4.78, 5) is 16.4. The number of carbonyl (C=O) groups excluding carboxylic acids is 1. The van der Waals surface area contributed by atoms with Gasteiger partial charge in [0, 0.05) is 18.5 Å². The molecule has 6 nitrogen and oxygen atoms in total. The van der Waals surface area contributed by atoms with Crippen LogP contribution in [0.1, 0.15) is 43.1 Å². The monoisotopic (exact) mass is 305 g/mol. The van der Waals surface area contributed by atoms with Crippen molar-refractivity contribution in [3.05, 3.63) is 41.7 Å². The molecule has 1 aromatic heterocycles. The lowest BCUT2D eigenvalue weighted by molar-refractivity contribution is 0.0931. The van der Waals surface area contributed by atoms with Gasteiger partial charge >= 0.3 is 0 Å². The minimum Gasteiger partial charge on any atom is -0.346 e. The first kappa shape index (κ1) is 16.1. The lowest BCUT2D eigenvalue weighted by Gasteiger charge is -2.08. The summed E-state index contributed by atoms with van der Waals surface area (Å²) < 4.78 is 14.9. The van der Waals surface area contributed by atoms with E-state index in [1.54, 1.807) is 19.1 Å². The van der Waals surface area contributed by atoms with Gasteiger partial charge in [-0.25, -0.2) is 14.1 Å². The number of amides is 1. The molecule has 0 radical (unpaired) electrons. The van der Waals surface area contributed by atoms with E-state index in [0.29, 0.717) is 18.1 Å². The molecule has 118 valence electrons.